The Labute approximate surface area is 69.9 Å². The molecule has 0 spiro atoms. The van der Waals surface area contributed by atoms with Gasteiger partial charge in [-0.15, -0.1) is 0 Å². The van der Waals surface area contributed by atoms with Crippen LogP contribution >= 0.6 is 0 Å². The third-order valence-corrected chi connectivity index (χ3v) is 0. The van der Waals surface area contributed by atoms with Crippen molar-refractivity contribution in [3.8, 4) is 0 Å². The normalized spacial score (nSPS) is 1.50. The summed E-state index contributed by atoms with van der Waals surface area (Å²) in [5, 5.41) is 0. The fraction of sp³-hybridized carbons (Fsp3) is 0. The van der Waals surface area contributed by atoms with E-state index in [4.69, 9.17) is 7.38 Å². The molecular formula is H5AlMgO3Zn. The van der Waals surface area contributed by atoms with Gasteiger partial charge in [0.2, 0.25) is 0 Å². The van der Waals surface area contributed by atoms with Crippen molar-refractivity contribution in [1.29, 1.82) is 0 Å². The molecule has 0 saturated carbocycles. The van der Waals surface area contributed by atoms with Crippen LogP contribution < -0.4 is 0 Å². The fourth-order valence-corrected chi connectivity index (χ4v) is 0. The van der Waals surface area contributed by atoms with Gasteiger partial charge in [-0.1, -0.05) is 0 Å². The van der Waals surface area contributed by atoms with Crippen LogP contribution in [0, 0.1) is 0 Å². The van der Waals surface area contributed by atoms with E-state index in [0.717, 1.165) is 0 Å². The van der Waals surface area contributed by atoms with Crippen LogP contribution in [0.2, 0.25) is 0 Å². The molecule has 0 amide bonds. The predicted octanol–water partition coefficient (Wildman–Crippen LogP) is -2.63. The molecule has 0 aromatic rings. The summed E-state index contributed by atoms with van der Waals surface area (Å²) in [6, 6.07) is 0. The second kappa shape index (κ2) is 88.7. The van der Waals surface area contributed by atoms with Crippen LogP contribution in [-0.4, -0.2) is 44.8 Å². The van der Waals surface area contributed by atoms with Gasteiger partial charge < -0.3 is 5.48 Å². The van der Waals surface area contributed by atoms with Crippen molar-refractivity contribution in [2.45, 2.75) is 0 Å². The van der Waals surface area contributed by atoms with Gasteiger partial charge in [0.05, 0.1) is 0 Å². The van der Waals surface area contributed by atoms with Gasteiger partial charge >= 0.3 is 64.9 Å². The zero-order chi connectivity index (χ0) is 4.00. The summed E-state index contributed by atoms with van der Waals surface area (Å²) in [4.78, 5) is 0. The first-order chi connectivity index (χ1) is 2.00. The Hall–Kier alpha value is 1.48. The summed E-state index contributed by atoms with van der Waals surface area (Å²) in [7, 11) is 0. The predicted molar refractivity (Wildman–Crippen MR) is 20.7 cm³/mol. The van der Waals surface area contributed by atoms with Gasteiger partial charge in [0.1, 0.15) is 0 Å². The summed E-state index contributed by atoms with van der Waals surface area (Å²) in [6.07, 6.45) is 0. The Morgan fingerprint density at radius 2 is 1.17 bits per heavy atom. The third kappa shape index (κ3) is 50.1. The van der Waals surface area contributed by atoms with Crippen molar-refractivity contribution in [3.63, 3.8) is 0 Å². The molecule has 0 aliphatic rings. The zero-order valence-electron chi connectivity index (χ0n) is 2.73. The summed E-state index contributed by atoms with van der Waals surface area (Å²) >= 11 is 0.736. The molecule has 0 radical (unpaired) electrons. The van der Waals surface area contributed by atoms with Gasteiger partial charge in [0, 0.05) is 0 Å². The van der Waals surface area contributed by atoms with Gasteiger partial charge in [-0.3, -0.25) is 0 Å². The molecule has 0 aliphatic heterocycles. The van der Waals surface area contributed by atoms with Crippen LogP contribution in [0.5, 0.6) is 0 Å². The van der Waals surface area contributed by atoms with Gasteiger partial charge in [-0.05, 0) is 0 Å². The Balaban J connectivity index is -0.00000000500. The molecule has 0 fully saturated rings. The van der Waals surface area contributed by atoms with Gasteiger partial charge in [-0.25, -0.2) is 0 Å². The van der Waals surface area contributed by atoms with E-state index in [-0.39, 0.29) is 46.8 Å². The number of hydrogen-bond donors (Lipinski definition) is 0. The SMILES string of the molecule is O.[MgH2].[O]=[AlH].[O]=[Zn]. The second-order valence-corrected chi connectivity index (χ2v) is 0. The maximum atomic E-state index is 8.38. The summed E-state index contributed by atoms with van der Waals surface area (Å²) in [6.45, 7) is 0. The van der Waals surface area contributed by atoms with E-state index in [1.807, 2.05) is 0 Å². The van der Waals surface area contributed by atoms with Gasteiger partial charge in [-0.2, -0.15) is 0 Å². The molecule has 3 nitrogen and oxygen atoms in total. The summed E-state index contributed by atoms with van der Waals surface area (Å²) in [5.41, 5.74) is 0. The molecule has 30 valence electrons. The van der Waals surface area contributed by atoms with Crippen molar-refractivity contribution in [2.24, 2.45) is 0 Å². The Bertz CT molecular complexity index is 12.8. The molecule has 0 heterocycles. The first kappa shape index (κ1) is 25.9. The fourth-order valence-electron chi connectivity index (χ4n) is 0. The van der Waals surface area contributed by atoms with E-state index < -0.39 is 0 Å². The first-order valence-corrected chi connectivity index (χ1v) is 2.37. The van der Waals surface area contributed by atoms with E-state index in [0.29, 0.717) is 16.2 Å². The van der Waals surface area contributed by atoms with Crippen molar-refractivity contribution in [3.05, 3.63) is 0 Å². The Morgan fingerprint density at radius 1 is 1.17 bits per heavy atom. The van der Waals surface area contributed by atoms with Crippen molar-refractivity contribution in [2.75, 3.05) is 0 Å². The van der Waals surface area contributed by atoms with Crippen LogP contribution in [-0.2, 0) is 25.6 Å². The van der Waals surface area contributed by atoms with E-state index in [9.17, 15) is 0 Å². The van der Waals surface area contributed by atoms with Gasteiger partial charge in [0.25, 0.3) is 0 Å². The molecule has 6 heteroatoms. The molecule has 2 N–H and O–H groups in total. The maximum absolute atomic E-state index is 8.38. The molecule has 0 saturated heterocycles. The molecule has 0 bridgehead atoms. The van der Waals surface area contributed by atoms with E-state index in [2.05, 4.69) is 0 Å². The van der Waals surface area contributed by atoms with Crippen molar-refractivity contribution in [1.82, 2.24) is 0 Å². The van der Waals surface area contributed by atoms with Crippen molar-refractivity contribution >= 4 is 39.3 Å². The Kier molecular flexibility index (Phi) is 383. The monoisotopic (exact) mass is 168 g/mol. The molecule has 0 atom stereocenters. The van der Waals surface area contributed by atoms with Crippen LogP contribution in [0.15, 0.2) is 0 Å². The molecular weight excluding hydrogens is 165 g/mol. The average molecular weight is 170 g/mol. The molecule has 6 heavy (non-hydrogen) atoms. The average Bonchev–Trinajstić information content (AvgIpc) is 1.50. The van der Waals surface area contributed by atoms with Crippen LogP contribution in [0.1, 0.15) is 0 Å². The summed E-state index contributed by atoms with van der Waals surface area (Å²) in [5.74, 6) is 0. The van der Waals surface area contributed by atoms with Crippen LogP contribution in [0.25, 0.3) is 0 Å². The molecule has 0 aromatic heterocycles. The van der Waals surface area contributed by atoms with Crippen molar-refractivity contribution < 1.29 is 31.1 Å². The minimum atomic E-state index is 0. The standard InChI is InChI=1S/Al.Mg.H2O.2O.Zn.3H/h;;1H2;;;;;;. The Morgan fingerprint density at radius 3 is 1.17 bits per heavy atom. The quantitative estimate of drug-likeness (QED) is 0.373. The van der Waals surface area contributed by atoms with Crippen LogP contribution in [0.4, 0.5) is 0 Å². The van der Waals surface area contributed by atoms with E-state index in [1.165, 1.54) is 0 Å². The molecule has 0 unspecified atom stereocenters. The van der Waals surface area contributed by atoms with Gasteiger partial charge in [0.15, 0.2) is 0 Å². The topological polar surface area (TPSA) is 65.6 Å². The molecule has 0 aromatic carbocycles. The molecule has 0 rings (SSSR count). The summed E-state index contributed by atoms with van der Waals surface area (Å²) < 4.78 is 16.7. The number of hydrogen-bond acceptors (Lipinski definition) is 2. The van der Waals surface area contributed by atoms with Crippen LogP contribution in [0.3, 0.4) is 0 Å². The third-order valence-electron chi connectivity index (χ3n) is 0. The zero-order valence-corrected chi connectivity index (χ0v) is 7.11. The van der Waals surface area contributed by atoms with E-state index >= 15 is 0 Å². The number of rotatable bonds is 0. The molecule has 0 aliphatic carbocycles. The second-order valence-electron chi connectivity index (χ2n) is 0. The van der Waals surface area contributed by atoms with E-state index in [1.54, 1.807) is 0 Å². The minimum absolute atomic E-state index is 0. The first-order valence-electron chi connectivity index (χ1n) is 0.577.